The molecular weight excluding hydrogens is 392 g/mol. The Kier molecular flexibility index (Phi) is 4.80. The quantitative estimate of drug-likeness (QED) is 0.507. The van der Waals surface area contributed by atoms with Crippen LogP contribution in [-0.2, 0) is 11.3 Å². The van der Waals surface area contributed by atoms with Gasteiger partial charge in [-0.2, -0.15) is 0 Å². The third-order valence-electron chi connectivity index (χ3n) is 5.07. The lowest BCUT2D eigenvalue weighted by atomic mass is 10.0. The van der Waals surface area contributed by atoms with Crippen molar-refractivity contribution in [1.82, 2.24) is 19.7 Å². The van der Waals surface area contributed by atoms with Gasteiger partial charge in [0.2, 0.25) is 0 Å². The van der Waals surface area contributed by atoms with Gasteiger partial charge >= 0.3 is 0 Å². The first-order valence-electron chi connectivity index (χ1n) is 9.87. The maximum Gasteiger partial charge on any atom is 0.257 e. The monoisotopic (exact) mass is 412 g/mol. The van der Waals surface area contributed by atoms with Crippen molar-refractivity contribution < 1.29 is 9.53 Å². The Morgan fingerprint density at radius 2 is 2.06 bits per heavy atom. The van der Waals surface area contributed by atoms with Gasteiger partial charge in [-0.3, -0.25) is 9.79 Å². The van der Waals surface area contributed by atoms with E-state index in [2.05, 4.69) is 38.8 Å². The third kappa shape index (κ3) is 3.83. The lowest BCUT2D eigenvalue weighted by molar-refractivity contribution is -0.122. The molecule has 0 aliphatic carbocycles. The van der Waals surface area contributed by atoms with Crippen molar-refractivity contribution in [3.8, 4) is 17.0 Å². The van der Waals surface area contributed by atoms with Crippen LogP contribution in [0.4, 0.5) is 11.5 Å². The Balaban J connectivity index is 1.42. The zero-order valence-electron chi connectivity index (χ0n) is 16.9. The second-order valence-electron chi connectivity index (χ2n) is 7.13. The Bertz CT molecular complexity index is 1290. The fraction of sp³-hybridized carbons (Fsp3) is 0.130. The number of rotatable bonds is 6. The van der Waals surface area contributed by atoms with Gasteiger partial charge in [0.25, 0.3) is 5.91 Å². The summed E-state index contributed by atoms with van der Waals surface area (Å²) < 4.78 is 7.41. The van der Waals surface area contributed by atoms with E-state index in [9.17, 15) is 4.79 Å². The molecule has 1 aliphatic heterocycles. The van der Waals surface area contributed by atoms with Crippen molar-refractivity contribution in [3.05, 3.63) is 72.2 Å². The van der Waals surface area contributed by atoms with Crippen molar-refractivity contribution in [1.29, 1.82) is 0 Å². The Labute approximate surface area is 178 Å². The van der Waals surface area contributed by atoms with Crippen LogP contribution in [0.25, 0.3) is 16.9 Å². The van der Waals surface area contributed by atoms with E-state index in [1.54, 1.807) is 25.4 Å². The summed E-state index contributed by atoms with van der Waals surface area (Å²) in [5.74, 6) is 1.09. The van der Waals surface area contributed by atoms with Gasteiger partial charge in [0.1, 0.15) is 5.75 Å². The molecule has 0 radical (unpaired) electrons. The molecule has 0 saturated carbocycles. The molecule has 5 rings (SSSR count). The Morgan fingerprint density at radius 1 is 1.19 bits per heavy atom. The van der Waals surface area contributed by atoms with E-state index in [-0.39, 0.29) is 12.5 Å². The molecular formula is C23H20N6O2. The summed E-state index contributed by atoms with van der Waals surface area (Å²) in [6.45, 7) is 0.684. The molecule has 2 aromatic heterocycles. The summed E-state index contributed by atoms with van der Waals surface area (Å²) in [5, 5.41) is 5.87. The lowest BCUT2D eigenvalue weighted by Gasteiger charge is -2.11. The summed E-state index contributed by atoms with van der Waals surface area (Å²) in [4.78, 5) is 24.9. The molecule has 0 atom stereocenters. The van der Waals surface area contributed by atoms with E-state index in [0.717, 1.165) is 28.2 Å². The fourth-order valence-corrected chi connectivity index (χ4v) is 3.42. The number of aromatic nitrogens is 3. The molecule has 31 heavy (non-hydrogen) atoms. The van der Waals surface area contributed by atoms with Gasteiger partial charge in [0, 0.05) is 43.1 Å². The first-order chi connectivity index (χ1) is 15.2. The molecule has 8 heteroatoms. The van der Waals surface area contributed by atoms with Gasteiger partial charge in [-0.25, -0.2) is 9.97 Å². The van der Waals surface area contributed by atoms with Crippen LogP contribution in [0.2, 0.25) is 0 Å². The molecule has 0 unspecified atom stereocenters. The minimum absolute atomic E-state index is 0.0204. The number of hydrogen-bond donors (Lipinski definition) is 2. The second kappa shape index (κ2) is 7.91. The lowest BCUT2D eigenvalue weighted by Crippen LogP contribution is -2.24. The number of amides is 1. The van der Waals surface area contributed by atoms with Crippen LogP contribution in [0, 0.1) is 0 Å². The van der Waals surface area contributed by atoms with Crippen LogP contribution in [0.5, 0.6) is 5.75 Å². The predicted octanol–water partition coefficient (Wildman–Crippen LogP) is 3.20. The summed E-state index contributed by atoms with van der Waals surface area (Å²) in [5.41, 5.74) is 5.79. The van der Waals surface area contributed by atoms with Gasteiger partial charge in [-0.05, 0) is 41.5 Å². The summed E-state index contributed by atoms with van der Waals surface area (Å²) in [7, 11) is 1.58. The first kappa shape index (κ1) is 18.8. The van der Waals surface area contributed by atoms with E-state index in [1.165, 1.54) is 5.56 Å². The van der Waals surface area contributed by atoms with E-state index in [4.69, 9.17) is 9.72 Å². The molecule has 154 valence electrons. The molecule has 0 spiro atoms. The number of nitrogens with zero attached hydrogens (tertiary/aromatic N) is 4. The van der Waals surface area contributed by atoms with Gasteiger partial charge in [0.15, 0.2) is 18.1 Å². The topological polar surface area (TPSA) is 92.9 Å². The van der Waals surface area contributed by atoms with Crippen LogP contribution in [0.1, 0.15) is 11.1 Å². The smallest absolute Gasteiger partial charge is 0.257 e. The zero-order chi connectivity index (χ0) is 21.2. The second-order valence-corrected chi connectivity index (χ2v) is 7.13. The molecule has 2 N–H and O–H groups in total. The number of benzene rings is 2. The molecule has 0 saturated heterocycles. The number of likely N-dealkylation sites (N-methyl/N-ethyl adjacent to an activating group) is 1. The van der Waals surface area contributed by atoms with Crippen molar-refractivity contribution in [3.63, 3.8) is 0 Å². The maximum absolute atomic E-state index is 11.3. The Morgan fingerprint density at radius 3 is 2.90 bits per heavy atom. The number of aliphatic imine (C=N–C) groups is 1. The normalized spacial score (nSPS) is 12.0. The highest BCUT2D eigenvalue weighted by Crippen LogP contribution is 2.27. The molecule has 1 aliphatic rings. The summed E-state index contributed by atoms with van der Waals surface area (Å²) >= 11 is 0. The standard InChI is InChI=1S/C23H20N6O2/c1-24-21(30)14-31-19-6-4-18(5-7-19)27-22-23-26-8-9-29(23)13-20(28-22)15-2-3-16-11-25-12-17(16)10-15/h2-11,13H,12,14H2,1H3,(H,24,30)(H,27,28). The van der Waals surface area contributed by atoms with Gasteiger partial charge in [-0.15, -0.1) is 0 Å². The van der Waals surface area contributed by atoms with E-state index in [1.807, 2.05) is 35.1 Å². The third-order valence-corrected chi connectivity index (χ3v) is 5.07. The number of anilines is 2. The number of carbonyl (C=O) groups is 1. The average molecular weight is 412 g/mol. The minimum atomic E-state index is -0.178. The largest absolute Gasteiger partial charge is 0.484 e. The van der Waals surface area contributed by atoms with Gasteiger partial charge in [-0.1, -0.05) is 12.1 Å². The first-order valence-corrected chi connectivity index (χ1v) is 9.87. The molecule has 8 nitrogen and oxygen atoms in total. The number of ether oxygens (including phenoxy) is 1. The highest BCUT2D eigenvalue weighted by Gasteiger charge is 2.13. The SMILES string of the molecule is CNC(=O)COc1ccc(Nc2nc(-c3ccc4c(c3)CN=C4)cn3ccnc23)cc1. The van der Waals surface area contributed by atoms with Crippen molar-refractivity contribution >= 4 is 29.3 Å². The molecule has 3 heterocycles. The van der Waals surface area contributed by atoms with Crippen LogP contribution in [-0.4, -0.2) is 40.1 Å². The van der Waals surface area contributed by atoms with Crippen molar-refractivity contribution in [2.24, 2.45) is 4.99 Å². The Hall–Kier alpha value is -4.20. The number of imidazole rings is 1. The summed E-state index contributed by atoms with van der Waals surface area (Å²) in [6.07, 6.45) is 7.53. The highest BCUT2D eigenvalue weighted by molar-refractivity contribution is 5.86. The van der Waals surface area contributed by atoms with Gasteiger partial charge < -0.3 is 19.8 Å². The molecule has 4 aromatic rings. The predicted molar refractivity (Wildman–Crippen MR) is 119 cm³/mol. The van der Waals surface area contributed by atoms with Crippen LogP contribution in [0.3, 0.4) is 0 Å². The number of nitrogens with one attached hydrogen (secondary N) is 2. The van der Waals surface area contributed by atoms with Crippen LogP contribution in [0.15, 0.2) is 66.0 Å². The minimum Gasteiger partial charge on any atom is -0.484 e. The molecule has 1 amide bonds. The number of fused-ring (bicyclic) bond motifs is 2. The van der Waals surface area contributed by atoms with Crippen LogP contribution >= 0.6 is 0 Å². The molecule has 2 aromatic carbocycles. The zero-order valence-corrected chi connectivity index (χ0v) is 16.9. The fourth-order valence-electron chi connectivity index (χ4n) is 3.42. The molecule has 0 bridgehead atoms. The number of carbonyl (C=O) groups excluding carboxylic acids is 1. The van der Waals surface area contributed by atoms with E-state index in [0.29, 0.717) is 18.1 Å². The summed E-state index contributed by atoms with van der Waals surface area (Å²) in [6, 6.07) is 13.6. The van der Waals surface area contributed by atoms with Crippen molar-refractivity contribution in [2.75, 3.05) is 19.0 Å². The number of hydrogen-bond acceptors (Lipinski definition) is 6. The van der Waals surface area contributed by atoms with Crippen LogP contribution < -0.4 is 15.4 Å². The van der Waals surface area contributed by atoms with E-state index < -0.39 is 0 Å². The van der Waals surface area contributed by atoms with Crippen molar-refractivity contribution in [2.45, 2.75) is 6.54 Å². The molecule has 0 fully saturated rings. The average Bonchev–Trinajstić information content (AvgIpc) is 3.47. The van der Waals surface area contributed by atoms with E-state index >= 15 is 0 Å². The highest BCUT2D eigenvalue weighted by atomic mass is 16.5. The maximum atomic E-state index is 11.3. The van der Waals surface area contributed by atoms with Gasteiger partial charge in [0.05, 0.1) is 12.2 Å².